The third-order valence-corrected chi connectivity index (χ3v) is 3.52. The number of nitriles is 1. The highest BCUT2D eigenvalue weighted by Gasteiger charge is 2.52. The van der Waals surface area contributed by atoms with Crippen LogP contribution in [-0.2, 0) is 0 Å². The molecule has 2 heteroatoms. The van der Waals surface area contributed by atoms with Crippen molar-refractivity contribution in [1.82, 2.24) is 0 Å². The van der Waals surface area contributed by atoms with Gasteiger partial charge in [0.1, 0.15) is 5.75 Å². The lowest BCUT2D eigenvalue weighted by Crippen LogP contribution is -1.99. The molecule has 2 nitrogen and oxygen atoms in total. The predicted octanol–water partition coefficient (Wildman–Crippen LogP) is 3.33. The van der Waals surface area contributed by atoms with Gasteiger partial charge < -0.3 is 4.74 Å². The van der Waals surface area contributed by atoms with Crippen LogP contribution >= 0.6 is 0 Å². The van der Waals surface area contributed by atoms with Gasteiger partial charge in [-0.05, 0) is 38.3 Å². The Balaban J connectivity index is 2.46. The molecule has 0 aromatic heterocycles. The molecule has 1 aromatic carbocycles. The monoisotopic (exact) mass is 215 g/mol. The van der Waals surface area contributed by atoms with Gasteiger partial charge in [-0.2, -0.15) is 5.26 Å². The average Bonchev–Trinajstić information content (AvgIpc) is 2.91. The van der Waals surface area contributed by atoms with Gasteiger partial charge in [-0.15, -0.1) is 0 Å². The summed E-state index contributed by atoms with van der Waals surface area (Å²) < 4.78 is 5.46. The minimum Gasteiger partial charge on any atom is -0.496 e. The maximum Gasteiger partial charge on any atom is 0.125 e. The lowest BCUT2D eigenvalue weighted by Gasteiger charge is -2.13. The van der Waals surface area contributed by atoms with Crippen LogP contribution < -0.4 is 4.74 Å². The van der Waals surface area contributed by atoms with E-state index in [4.69, 9.17) is 10.00 Å². The molecule has 0 heterocycles. The third-order valence-electron chi connectivity index (χ3n) is 3.52. The molecule has 2 atom stereocenters. The first-order valence-corrected chi connectivity index (χ1v) is 5.58. The SMILES string of the molecule is COc1c(C)cc(C)cc1C1CC1(C)C#N. The molecule has 0 aliphatic heterocycles. The van der Waals surface area contributed by atoms with E-state index >= 15 is 0 Å². The molecule has 0 bridgehead atoms. The highest BCUT2D eigenvalue weighted by atomic mass is 16.5. The number of nitrogens with zero attached hydrogens (tertiary/aromatic N) is 1. The van der Waals surface area contributed by atoms with Crippen LogP contribution in [0.2, 0.25) is 0 Å². The Hall–Kier alpha value is -1.49. The van der Waals surface area contributed by atoms with Crippen LogP contribution in [0.25, 0.3) is 0 Å². The fourth-order valence-electron chi connectivity index (χ4n) is 2.47. The zero-order valence-electron chi connectivity index (χ0n) is 10.3. The summed E-state index contributed by atoms with van der Waals surface area (Å²) in [5, 5.41) is 9.11. The maximum absolute atomic E-state index is 9.11. The summed E-state index contributed by atoms with van der Waals surface area (Å²) in [6.45, 7) is 6.16. The highest BCUT2D eigenvalue weighted by molar-refractivity contribution is 5.50. The molecule has 84 valence electrons. The summed E-state index contributed by atoms with van der Waals surface area (Å²) >= 11 is 0. The summed E-state index contributed by atoms with van der Waals surface area (Å²) in [4.78, 5) is 0. The number of ether oxygens (including phenoxy) is 1. The molecule has 0 N–H and O–H groups in total. The van der Waals surface area contributed by atoms with Crippen LogP contribution in [0.3, 0.4) is 0 Å². The van der Waals surface area contributed by atoms with E-state index in [1.54, 1.807) is 7.11 Å². The first-order valence-electron chi connectivity index (χ1n) is 5.58. The van der Waals surface area contributed by atoms with E-state index in [-0.39, 0.29) is 5.41 Å². The number of benzene rings is 1. The van der Waals surface area contributed by atoms with Crippen LogP contribution in [0.15, 0.2) is 12.1 Å². The molecular formula is C14H17NO. The van der Waals surface area contributed by atoms with Crippen molar-refractivity contribution in [3.8, 4) is 11.8 Å². The molecule has 2 unspecified atom stereocenters. The van der Waals surface area contributed by atoms with Crippen molar-refractivity contribution in [1.29, 1.82) is 5.26 Å². The third kappa shape index (κ3) is 1.57. The Morgan fingerprint density at radius 2 is 2.12 bits per heavy atom. The number of hydrogen-bond donors (Lipinski definition) is 0. The smallest absolute Gasteiger partial charge is 0.125 e. The second-order valence-corrected chi connectivity index (χ2v) is 4.99. The second kappa shape index (κ2) is 3.52. The minimum absolute atomic E-state index is 0.187. The van der Waals surface area contributed by atoms with Crippen molar-refractivity contribution in [2.75, 3.05) is 7.11 Å². The second-order valence-electron chi connectivity index (χ2n) is 4.99. The van der Waals surface area contributed by atoms with E-state index in [2.05, 4.69) is 32.0 Å². The average molecular weight is 215 g/mol. The molecule has 1 saturated carbocycles. The fraction of sp³-hybridized carbons (Fsp3) is 0.500. The van der Waals surface area contributed by atoms with Gasteiger partial charge in [-0.25, -0.2) is 0 Å². The zero-order valence-corrected chi connectivity index (χ0v) is 10.3. The van der Waals surface area contributed by atoms with Crippen molar-refractivity contribution < 1.29 is 4.74 Å². The van der Waals surface area contributed by atoms with Crippen molar-refractivity contribution in [2.24, 2.45) is 5.41 Å². The molecule has 16 heavy (non-hydrogen) atoms. The quantitative estimate of drug-likeness (QED) is 0.758. The molecule has 1 fully saturated rings. The molecule has 0 saturated heterocycles. The Bertz CT molecular complexity index is 472. The summed E-state index contributed by atoms with van der Waals surface area (Å²) in [7, 11) is 1.70. The van der Waals surface area contributed by atoms with Gasteiger partial charge in [0.25, 0.3) is 0 Å². The van der Waals surface area contributed by atoms with Gasteiger partial charge in [0.2, 0.25) is 0 Å². The number of rotatable bonds is 2. The molecule has 1 aliphatic rings. The highest BCUT2D eigenvalue weighted by Crippen LogP contribution is 2.60. The summed E-state index contributed by atoms with van der Waals surface area (Å²) in [5.74, 6) is 1.29. The van der Waals surface area contributed by atoms with E-state index in [1.165, 1.54) is 11.1 Å². The van der Waals surface area contributed by atoms with Crippen molar-refractivity contribution in [3.63, 3.8) is 0 Å². The molecule has 0 spiro atoms. The van der Waals surface area contributed by atoms with Crippen LogP contribution in [-0.4, -0.2) is 7.11 Å². The molecule has 1 aliphatic carbocycles. The van der Waals surface area contributed by atoms with Gasteiger partial charge in [-0.3, -0.25) is 0 Å². The first kappa shape index (κ1) is 11.0. The van der Waals surface area contributed by atoms with E-state index in [0.29, 0.717) is 5.92 Å². The topological polar surface area (TPSA) is 33.0 Å². The van der Waals surface area contributed by atoms with Crippen LogP contribution in [0.1, 0.15) is 36.0 Å². The van der Waals surface area contributed by atoms with Crippen molar-refractivity contribution in [3.05, 3.63) is 28.8 Å². The standard InChI is InChI=1S/C14H17NO/c1-9-5-10(2)13(16-4)11(6-9)12-7-14(12,3)8-15/h5-6,12H,7H2,1-4H3. The summed E-state index contributed by atoms with van der Waals surface area (Å²) in [6, 6.07) is 6.67. The molecule has 2 rings (SSSR count). The maximum atomic E-state index is 9.11. The van der Waals surface area contributed by atoms with Gasteiger partial charge in [0.05, 0.1) is 18.6 Å². The van der Waals surface area contributed by atoms with Crippen LogP contribution in [0.4, 0.5) is 0 Å². The van der Waals surface area contributed by atoms with Gasteiger partial charge >= 0.3 is 0 Å². The van der Waals surface area contributed by atoms with Gasteiger partial charge in [0.15, 0.2) is 0 Å². The van der Waals surface area contributed by atoms with E-state index in [0.717, 1.165) is 17.7 Å². The van der Waals surface area contributed by atoms with Crippen molar-refractivity contribution in [2.45, 2.75) is 33.1 Å². The van der Waals surface area contributed by atoms with Crippen molar-refractivity contribution >= 4 is 0 Å². The van der Waals surface area contributed by atoms with Crippen LogP contribution in [0, 0.1) is 30.6 Å². The lowest BCUT2D eigenvalue weighted by atomic mass is 9.97. The van der Waals surface area contributed by atoms with E-state index < -0.39 is 0 Å². The summed E-state index contributed by atoms with van der Waals surface area (Å²) in [6.07, 6.45) is 0.947. The Labute approximate surface area is 96.9 Å². The first-order chi connectivity index (χ1) is 7.51. The molecule has 1 aromatic rings. The molecule has 0 amide bonds. The largest absolute Gasteiger partial charge is 0.496 e. The normalized spacial score (nSPS) is 27.3. The number of hydrogen-bond acceptors (Lipinski definition) is 2. The Morgan fingerprint density at radius 3 is 2.62 bits per heavy atom. The molecular weight excluding hydrogens is 198 g/mol. The minimum atomic E-state index is -0.187. The van der Waals surface area contributed by atoms with Gasteiger partial charge in [0, 0.05) is 5.92 Å². The van der Waals surface area contributed by atoms with E-state index in [9.17, 15) is 0 Å². The Morgan fingerprint density at radius 1 is 1.44 bits per heavy atom. The summed E-state index contributed by atoms with van der Waals surface area (Å²) in [5.41, 5.74) is 3.40. The number of aryl methyl sites for hydroxylation is 2. The van der Waals surface area contributed by atoms with Gasteiger partial charge in [-0.1, -0.05) is 17.7 Å². The predicted molar refractivity (Wildman–Crippen MR) is 63.5 cm³/mol. The fourth-order valence-corrected chi connectivity index (χ4v) is 2.47. The number of methoxy groups -OCH3 is 1. The van der Waals surface area contributed by atoms with E-state index in [1.807, 2.05) is 6.92 Å². The molecule has 0 radical (unpaired) electrons. The lowest BCUT2D eigenvalue weighted by molar-refractivity contribution is 0.405. The zero-order chi connectivity index (χ0) is 11.9. The Kier molecular flexibility index (Phi) is 2.42. The van der Waals surface area contributed by atoms with Crippen LogP contribution in [0.5, 0.6) is 5.75 Å².